The number of fused-ring (bicyclic) bond motifs is 2. The third-order valence-electron chi connectivity index (χ3n) is 6.32. The van der Waals surface area contributed by atoms with Gasteiger partial charge < -0.3 is 9.80 Å². The summed E-state index contributed by atoms with van der Waals surface area (Å²) in [5.74, 6) is 0.383. The fourth-order valence-corrected chi connectivity index (χ4v) is 4.79. The summed E-state index contributed by atoms with van der Waals surface area (Å²) < 4.78 is 0. The monoisotopic (exact) mass is 378 g/mol. The fraction of sp³-hybridized carbons (Fsp3) is 0.455. The Bertz CT molecular complexity index is 873. The first-order valence-electron chi connectivity index (χ1n) is 9.85. The normalized spacial score (nSPS) is 20.1. The van der Waals surface area contributed by atoms with Gasteiger partial charge in [-0.25, -0.2) is 4.98 Å². The van der Waals surface area contributed by atoms with Crippen LogP contribution in [0.25, 0.3) is 0 Å². The summed E-state index contributed by atoms with van der Waals surface area (Å²) in [6.45, 7) is 1.41. The highest BCUT2D eigenvalue weighted by atomic mass is 16.2. The minimum atomic E-state index is -0.0476. The Hall–Kier alpha value is -2.76. The first kappa shape index (κ1) is 18.6. The number of nitrogens with zero attached hydrogens (tertiary/aromatic N) is 4. The van der Waals surface area contributed by atoms with Crippen LogP contribution < -0.4 is 0 Å². The fourth-order valence-electron chi connectivity index (χ4n) is 4.79. The molecule has 2 aliphatic rings. The Morgan fingerprint density at radius 1 is 1.18 bits per heavy atom. The van der Waals surface area contributed by atoms with Crippen molar-refractivity contribution in [2.24, 2.45) is 0 Å². The van der Waals surface area contributed by atoms with Crippen molar-refractivity contribution >= 4 is 11.8 Å². The van der Waals surface area contributed by atoms with Gasteiger partial charge in [0.1, 0.15) is 5.69 Å². The quantitative estimate of drug-likeness (QED) is 0.823. The van der Waals surface area contributed by atoms with Crippen molar-refractivity contribution in [3.8, 4) is 0 Å². The molecule has 2 aromatic rings. The number of piperidine rings is 1. The number of carbonyl (C=O) groups is 2. The van der Waals surface area contributed by atoms with E-state index in [-0.39, 0.29) is 23.1 Å². The predicted molar refractivity (Wildman–Crippen MR) is 106 cm³/mol. The number of likely N-dealkylation sites (tertiary alicyclic amines) is 1. The van der Waals surface area contributed by atoms with Gasteiger partial charge in [-0.05, 0) is 41.7 Å². The Kier molecular flexibility index (Phi) is 4.87. The highest BCUT2D eigenvalue weighted by Gasteiger charge is 2.46. The van der Waals surface area contributed by atoms with Crippen molar-refractivity contribution in [1.29, 1.82) is 0 Å². The highest BCUT2D eigenvalue weighted by Crippen LogP contribution is 2.52. The zero-order valence-electron chi connectivity index (χ0n) is 16.5. The number of hydrogen-bond acceptors (Lipinski definition) is 4. The van der Waals surface area contributed by atoms with Crippen molar-refractivity contribution in [2.75, 3.05) is 27.2 Å². The van der Waals surface area contributed by atoms with E-state index in [1.54, 1.807) is 17.3 Å². The maximum atomic E-state index is 12.7. The molecular formula is C22H26N4O2. The zero-order valence-corrected chi connectivity index (χ0v) is 16.5. The Morgan fingerprint density at radius 3 is 2.61 bits per heavy atom. The SMILES string of the molecule is CN(C)C(=O)CC1CC2(CCN(C(=O)c3cnccn3)CC2)c2ccccc21. The molecule has 1 unspecified atom stereocenters. The van der Waals surface area contributed by atoms with E-state index in [0.29, 0.717) is 25.2 Å². The lowest BCUT2D eigenvalue weighted by atomic mass is 9.73. The molecule has 1 spiro atoms. The van der Waals surface area contributed by atoms with Crippen LogP contribution in [0.4, 0.5) is 0 Å². The molecule has 2 heterocycles. The molecule has 4 rings (SSSR count). The van der Waals surface area contributed by atoms with Crippen molar-refractivity contribution in [2.45, 2.75) is 37.0 Å². The van der Waals surface area contributed by atoms with E-state index in [9.17, 15) is 9.59 Å². The number of carbonyl (C=O) groups excluding carboxylic acids is 2. The molecule has 0 N–H and O–H groups in total. The number of rotatable bonds is 3. The smallest absolute Gasteiger partial charge is 0.274 e. The number of hydrogen-bond donors (Lipinski definition) is 0. The standard InChI is InChI=1S/C22H26N4O2/c1-25(2)20(27)13-16-14-22(18-6-4-3-5-17(16)18)7-11-26(12-8-22)21(28)19-15-23-9-10-24-19/h3-6,9-10,15-16H,7-8,11-14H2,1-2H3. The average Bonchev–Trinajstić information content (AvgIpc) is 3.02. The second-order valence-electron chi connectivity index (χ2n) is 8.14. The van der Waals surface area contributed by atoms with Gasteiger partial charge in [-0.1, -0.05) is 24.3 Å². The van der Waals surface area contributed by atoms with Gasteiger partial charge in [-0.15, -0.1) is 0 Å². The molecule has 6 heteroatoms. The van der Waals surface area contributed by atoms with E-state index in [1.807, 2.05) is 19.0 Å². The zero-order chi connectivity index (χ0) is 19.7. The molecule has 28 heavy (non-hydrogen) atoms. The van der Waals surface area contributed by atoms with Crippen molar-refractivity contribution in [1.82, 2.24) is 19.8 Å². The van der Waals surface area contributed by atoms with Crippen LogP contribution in [0.5, 0.6) is 0 Å². The Morgan fingerprint density at radius 2 is 1.93 bits per heavy atom. The van der Waals surface area contributed by atoms with Crippen LogP contribution in [-0.4, -0.2) is 58.8 Å². The molecule has 1 saturated heterocycles. The molecule has 1 atom stereocenters. The topological polar surface area (TPSA) is 66.4 Å². The average molecular weight is 378 g/mol. The van der Waals surface area contributed by atoms with Crippen LogP contribution in [-0.2, 0) is 10.2 Å². The summed E-state index contributed by atoms with van der Waals surface area (Å²) in [7, 11) is 3.63. The van der Waals surface area contributed by atoms with Gasteiger partial charge in [0.05, 0.1) is 6.20 Å². The molecule has 2 amide bonds. The third kappa shape index (κ3) is 3.28. The molecule has 1 aliphatic carbocycles. The molecule has 0 bridgehead atoms. The molecule has 1 fully saturated rings. The lowest BCUT2D eigenvalue weighted by Gasteiger charge is -2.40. The summed E-state index contributed by atoms with van der Waals surface area (Å²) >= 11 is 0. The summed E-state index contributed by atoms with van der Waals surface area (Å²) in [6, 6.07) is 8.55. The van der Waals surface area contributed by atoms with E-state index in [4.69, 9.17) is 0 Å². The van der Waals surface area contributed by atoms with Gasteiger partial charge >= 0.3 is 0 Å². The van der Waals surface area contributed by atoms with Crippen LogP contribution in [0, 0.1) is 0 Å². The maximum absolute atomic E-state index is 12.7. The van der Waals surface area contributed by atoms with Crippen LogP contribution >= 0.6 is 0 Å². The van der Waals surface area contributed by atoms with Crippen molar-refractivity contribution < 1.29 is 9.59 Å². The van der Waals surface area contributed by atoms with Crippen LogP contribution in [0.15, 0.2) is 42.9 Å². The van der Waals surface area contributed by atoms with Gasteiger partial charge in [-0.2, -0.15) is 0 Å². The summed E-state index contributed by atoms with van der Waals surface area (Å²) in [5, 5.41) is 0. The van der Waals surface area contributed by atoms with Gasteiger partial charge in [0.2, 0.25) is 5.91 Å². The van der Waals surface area contributed by atoms with E-state index in [2.05, 4.69) is 34.2 Å². The number of amides is 2. The van der Waals surface area contributed by atoms with Crippen molar-refractivity contribution in [3.05, 3.63) is 59.7 Å². The second kappa shape index (κ2) is 7.34. The van der Waals surface area contributed by atoms with Crippen LogP contribution in [0.3, 0.4) is 0 Å². The van der Waals surface area contributed by atoms with Gasteiger partial charge in [0.15, 0.2) is 0 Å². The molecular weight excluding hydrogens is 352 g/mol. The Labute approximate surface area is 165 Å². The first-order valence-corrected chi connectivity index (χ1v) is 9.85. The highest BCUT2D eigenvalue weighted by molar-refractivity contribution is 5.92. The molecule has 146 valence electrons. The number of aromatic nitrogens is 2. The maximum Gasteiger partial charge on any atom is 0.274 e. The van der Waals surface area contributed by atoms with E-state index in [0.717, 1.165) is 19.3 Å². The van der Waals surface area contributed by atoms with Gasteiger partial charge in [0.25, 0.3) is 5.91 Å². The Balaban J connectivity index is 1.52. The first-order chi connectivity index (χ1) is 13.5. The number of benzene rings is 1. The molecule has 6 nitrogen and oxygen atoms in total. The minimum absolute atomic E-state index is 0.0476. The largest absolute Gasteiger partial charge is 0.349 e. The van der Waals surface area contributed by atoms with Crippen LogP contribution in [0.2, 0.25) is 0 Å². The third-order valence-corrected chi connectivity index (χ3v) is 6.32. The van der Waals surface area contributed by atoms with Crippen molar-refractivity contribution in [3.63, 3.8) is 0 Å². The predicted octanol–water partition coefficient (Wildman–Crippen LogP) is 2.62. The van der Waals surface area contributed by atoms with E-state index in [1.165, 1.54) is 17.3 Å². The molecule has 0 saturated carbocycles. The minimum Gasteiger partial charge on any atom is -0.349 e. The molecule has 0 radical (unpaired) electrons. The summed E-state index contributed by atoms with van der Waals surface area (Å²) in [4.78, 5) is 36.8. The van der Waals surface area contributed by atoms with E-state index < -0.39 is 0 Å². The summed E-state index contributed by atoms with van der Waals surface area (Å²) in [6.07, 6.45) is 8.03. The summed E-state index contributed by atoms with van der Waals surface area (Å²) in [5.41, 5.74) is 3.15. The van der Waals surface area contributed by atoms with Crippen LogP contribution in [0.1, 0.15) is 53.2 Å². The molecule has 1 aromatic heterocycles. The van der Waals surface area contributed by atoms with Gasteiger partial charge in [0, 0.05) is 46.0 Å². The van der Waals surface area contributed by atoms with E-state index >= 15 is 0 Å². The molecule has 1 aromatic carbocycles. The van der Waals surface area contributed by atoms with Gasteiger partial charge in [-0.3, -0.25) is 14.6 Å². The molecule has 1 aliphatic heterocycles. The lowest BCUT2D eigenvalue weighted by molar-refractivity contribution is -0.129. The second-order valence-corrected chi connectivity index (χ2v) is 8.14. The lowest BCUT2D eigenvalue weighted by Crippen LogP contribution is -2.44.